The fourth-order valence-corrected chi connectivity index (χ4v) is 3.68. The predicted molar refractivity (Wildman–Crippen MR) is 72.1 cm³/mol. The molecule has 16 heavy (non-hydrogen) atoms. The van der Waals surface area contributed by atoms with Crippen molar-refractivity contribution in [2.75, 3.05) is 0 Å². The van der Waals surface area contributed by atoms with E-state index in [1.54, 1.807) is 12.1 Å². The maximum absolute atomic E-state index is 13.7. The van der Waals surface area contributed by atoms with Crippen molar-refractivity contribution in [1.82, 2.24) is 0 Å². The van der Waals surface area contributed by atoms with Crippen molar-refractivity contribution in [3.8, 4) is 0 Å². The lowest BCUT2D eigenvalue weighted by atomic mass is 10.1. The van der Waals surface area contributed by atoms with Gasteiger partial charge in [-0.3, -0.25) is 0 Å². The van der Waals surface area contributed by atoms with Crippen LogP contribution in [0.2, 0.25) is 0 Å². The SMILES string of the molecule is NC(c1sccc1Br)c1c(F)cccc1Br. The highest BCUT2D eigenvalue weighted by atomic mass is 79.9. The molecule has 1 heterocycles. The van der Waals surface area contributed by atoms with Gasteiger partial charge in [0.15, 0.2) is 0 Å². The molecule has 1 unspecified atom stereocenters. The topological polar surface area (TPSA) is 26.0 Å². The Bertz CT molecular complexity index is 492. The van der Waals surface area contributed by atoms with Gasteiger partial charge >= 0.3 is 0 Å². The zero-order valence-electron chi connectivity index (χ0n) is 8.08. The molecule has 1 aromatic heterocycles. The van der Waals surface area contributed by atoms with Crippen LogP contribution in [0.1, 0.15) is 16.5 Å². The molecule has 1 atom stereocenters. The third-order valence-electron chi connectivity index (χ3n) is 2.24. The molecule has 0 fully saturated rings. The maximum atomic E-state index is 13.7. The molecule has 2 rings (SSSR count). The monoisotopic (exact) mass is 363 g/mol. The second-order valence-corrected chi connectivity index (χ2v) is 5.90. The number of rotatable bonds is 2. The molecule has 0 saturated heterocycles. The van der Waals surface area contributed by atoms with Crippen molar-refractivity contribution in [2.24, 2.45) is 5.73 Å². The molecule has 2 N–H and O–H groups in total. The van der Waals surface area contributed by atoms with Crippen LogP contribution in [0.25, 0.3) is 0 Å². The van der Waals surface area contributed by atoms with Gasteiger partial charge in [-0.05, 0) is 39.5 Å². The van der Waals surface area contributed by atoms with Gasteiger partial charge in [0.2, 0.25) is 0 Å². The Morgan fingerprint density at radius 2 is 1.94 bits per heavy atom. The first-order chi connectivity index (χ1) is 7.61. The molecule has 5 heteroatoms. The summed E-state index contributed by atoms with van der Waals surface area (Å²) < 4.78 is 15.3. The minimum absolute atomic E-state index is 0.290. The standard InChI is InChI=1S/C11H8Br2FNS/c12-6-2-1-3-8(14)9(6)10(15)11-7(13)4-5-16-11/h1-5,10H,15H2. The van der Waals surface area contributed by atoms with E-state index in [2.05, 4.69) is 31.9 Å². The van der Waals surface area contributed by atoms with Gasteiger partial charge in [-0.25, -0.2) is 4.39 Å². The Morgan fingerprint density at radius 3 is 2.50 bits per heavy atom. The summed E-state index contributed by atoms with van der Waals surface area (Å²) in [6.45, 7) is 0. The summed E-state index contributed by atoms with van der Waals surface area (Å²) in [4.78, 5) is 0.922. The van der Waals surface area contributed by atoms with Crippen molar-refractivity contribution in [1.29, 1.82) is 0 Å². The molecule has 0 radical (unpaired) electrons. The number of benzene rings is 1. The first-order valence-corrected chi connectivity index (χ1v) is 7.00. The van der Waals surface area contributed by atoms with Gasteiger partial charge in [0.05, 0.1) is 6.04 Å². The van der Waals surface area contributed by atoms with Crippen LogP contribution in [0.4, 0.5) is 4.39 Å². The summed E-state index contributed by atoms with van der Waals surface area (Å²) in [5.74, 6) is -0.290. The van der Waals surface area contributed by atoms with E-state index in [1.807, 2.05) is 11.4 Å². The van der Waals surface area contributed by atoms with E-state index in [0.717, 1.165) is 9.35 Å². The molecule has 0 aliphatic heterocycles. The molecule has 0 spiro atoms. The van der Waals surface area contributed by atoms with E-state index >= 15 is 0 Å². The average Bonchev–Trinajstić information content (AvgIpc) is 2.64. The zero-order valence-corrected chi connectivity index (χ0v) is 12.1. The normalized spacial score (nSPS) is 12.8. The van der Waals surface area contributed by atoms with E-state index in [-0.39, 0.29) is 5.82 Å². The summed E-state index contributed by atoms with van der Waals surface area (Å²) in [6, 6.07) is 6.32. The third-order valence-corrected chi connectivity index (χ3v) is 4.88. The minimum atomic E-state index is -0.454. The smallest absolute Gasteiger partial charge is 0.129 e. The van der Waals surface area contributed by atoms with E-state index in [1.165, 1.54) is 17.4 Å². The van der Waals surface area contributed by atoms with Gasteiger partial charge in [-0.1, -0.05) is 22.0 Å². The molecule has 0 amide bonds. The van der Waals surface area contributed by atoms with Crippen LogP contribution in [0.3, 0.4) is 0 Å². The summed E-state index contributed by atoms with van der Waals surface area (Å²) in [5.41, 5.74) is 6.57. The van der Waals surface area contributed by atoms with Crippen LogP contribution in [-0.2, 0) is 0 Å². The number of halogens is 3. The lowest BCUT2D eigenvalue weighted by molar-refractivity contribution is 0.599. The molecule has 84 valence electrons. The lowest BCUT2D eigenvalue weighted by Gasteiger charge is -2.13. The second-order valence-electron chi connectivity index (χ2n) is 3.25. The largest absolute Gasteiger partial charge is 0.319 e. The lowest BCUT2D eigenvalue weighted by Crippen LogP contribution is -2.13. The molecule has 0 aliphatic carbocycles. The Morgan fingerprint density at radius 1 is 1.19 bits per heavy atom. The molecule has 1 nitrogen and oxygen atoms in total. The molecule has 0 saturated carbocycles. The summed E-state index contributed by atoms with van der Waals surface area (Å²) >= 11 is 8.24. The van der Waals surface area contributed by atoms with Gasteiger partial charge < -0.3 is 5.73 Å². The van der Waals surface area contributed by atoms with E-state index in [0.29, 0.717) is 10.0 Å². The third kappa shape index (κ3) is 2.22. The highest BCUT2D eigenvalue weighted by Gasteiger charge is 2.19. The Hall–Kier alpha value is -0.230. The quantitative estimate of drug-likeness (QED) is 0.836. The van der Waals surface area contributed by atoms with Gasteiger partial charge in [0.1, 0.15) is 5.82 Å². The first-order valence-electron chi connectivity index (χ1n) is 4.53. The highest BCUT2D eigenvalue weighted by molar-refractivity contribution is 9.10. The zero-order chi connectivity index (χ0) is 11.7. The molecular formula is C11H8Br2FNS. The second kappa shape index (κ2) is 4.96. The summed E-state index contributed by atoms with van der Waals surface area (Å²) in [6.07, 6.45) is 0. The summed E-state index contributed by atoms with van der Waals surface area (Å²) in [7, 11) is 0. The molecule has 0 bridgehead atoms. The fourth-order valence-electron chi connectivity index (χ4n) is 1.47. The number of nitrogens with two attached hydrogens (primary N) is 1. The van der Waals surface area contributed by atoms with Crippen LogP contribution < -0.4 is 5.73 Å². The fraction of sp³-hybridized carbons (Fsp3) is 0.0909. The van der Waals surface area contributed by atoms with Crippen molar-refractivity contribution >= 4 is 43.2 Å². The molecule has 2 aromatic rings. The van der Waals surface area contributed by atoms with Crippen molar-refractivity contribution in [3.63, 3.8) is 0 Å². The highest BCUT2D eigenvalue weighted by Crippen LogP contribution is 2.35. The number of hydrogen-bond donors (Lipinski definition) is 1. The van der Waals surface area contributed by atoms with Crippen molar-refractivity contribution in [3.05, 3.63) is 54.8 Å². The Labute approximate surface area is 114 Å². The Kier molecular flexibility index (Phi) is 3.79. The van der Waals surface area contributed by atoms with Gasteiger partial charge in [0.25, 0.3) is 0 Å². The average molecular weight is 365 g/mol. The minimum Gasteiger partial charge on any atom is -0.319 e. The van der Waals surface area contributed by atoms with Crippen LogP contribution in [-0.4, -0.2) is 0 Å². The molecule has 1 aromatic carbocycles. The molecular weight excluding hydrogens is 357 g/mol. The van der Waals surface area contributed by atoms with Gasteiger partial charge in [-0.2, -0.15) is 0 Å². The van der Waals surface area contributed by atoms with Crippen LogP contribution >= 0.6 is 43.2 Å². The van der Waals surface area contributed by atoms with E-state index < -0.39 is 6.04 Å². The molecule has 0 aliphatic rings. The van der Waals surface area contributed by atoms with Crippen LogP contribution in [0, 0.1) is 5.82 Å². The van der Waals surface area contributed by atoms with Crippen molar-refractivity contribution < 1.29 is 4.39 Å². The van der Waals surface area contributed by atoms with Crippen LogP contribution in [0.5, 0.6) is 0 Å². The number of thiophene rings is 1. The van der Waals surface area contributed by atoms with Crippen molar-refractivity contribution in [2.45, 2.75) is 6.04 Å². The predicted octanol–water partition coefficient (Wildman–Crippen LogP) is 4.46. The van der Waals surface area contributed by atoms with Gasteiger partial charge in [-0.15, -0.1) is 11.3 Å². The summed E-state index contributed by atoms with van der Waals surface area (Å²) in [5, 5.41) is 1.92. The van der Waals surface area contributed by atoms with E-state index in [9.17, 15) is 4.39 Å². The Balaban J connectivity index is 2.49. The first kappa shape index (κ1) is 12.2. The number of hydrogen-bond acceptors (Lipinski definition) is 2. The van der Waals surface area contributed by atoms with Gasteiger partial charge in [0, 0.05) is 19.4 Å². The maximum Gasteiger partial charge on any atom is 0.129 e. The van der Waals surface area contributed by atoms with E-state index in [4.69, 9.17) is 5.73 Å². The van der Waals surface area contributed by atoms with Crippen LogP contribution in [0.15, 0.2) is 38.6 Å².